The van der Waals surface area contributed by atoms with Gasteiger partial charge in [-0.15, -0.1) is 12.4 Å². The highest BCUT2D eigenvalue weighted by Crippen LogP contribution is 1.84. The van der Waals surface area contributed by atoms with Crippen LogP contribution in [-0.2, 0) is 4.79 Å². The van der Waals surface area contributed by atoms with Gasteiger partial charge in [-0.05, 0) is 0 Å². The maximum absolute atomic E-state index is 9.57. The molecule has 0 aliphatic rings. The maximum atomic E-state index is 9.57. The fraction of sp³-hybridized carbons (Fsp3) is 0.667. The average Bonchev–Trinajstić information content (AvgIpc) is 1.35. The van der Waals surface area contributed by atoms with Crippen LogP contribution in [0.25, 0.3) is 0 Å². The zero-order valence-electron chi connectivity index (χ0n) is 3.56. The zero-order chi connectivity index (χ0) is 4.99. The Kier molecular flexibility index (Phi) is 9.15. The number of carboxylic acids is 1. The first-order valence-electron chi connectivity index (χ1n) is 1.55. The molecule has 1 N–H and O–H groups in total. The highest BCUT2D eigenvalue weighted by molar-refractivity contribution is 9.09. The van der Waals surface area contributed by atoms with Gasteiger partial charge in [-0.25, -0.2) is 0 Å². The van der Waals surface area contributed by atoms with E-state index in [4.69, 9.17) is 5.11 Å². The van der Waals surface area contributed by atoms with E-state index in [1.54, 1.807) is 0 Å². The molecule has 0 saturated carbocycles. The molecule has 0 radical (unpaired) electrons. The predicted octanol–water partition coefficient (Wildman–Crippen LogP) is 1.28. The molecule has 0 bridgehead atoms. The second-order valence-corrected chi connectivity index (χ2v) is 1.63. The van der Waals surface area contributed by atoms with Crippen LogP contribution < -0.4 is 0 Å². The van der Waals surface area contributed by atoms with Crippen molar-refractivity contribution >= 4 is 34.3 Å². The van der Waals surface area contributed by atoms with Crippen molar-refractivity contribution in [2.24, 2.45) is 0 Å². The van der Waals surface area contributed by atoms with Gasteiger partial charge in [0.05, 0.1) is 6.42 Å². The van der Waals surface area contributed by atoms with Crippen molar-refractivity contribution < 1.29 is 9.90 Å². The SMILES string of the molecule is Cl.O=C(O)CCBr. The molecule has 0 unspecified atom stereocenters. The molecule has 0 aliphatic heterocycles. The van der Waals surface area contributed by atoms with Gasteiger partial charge in [0.15, 0.2) is 0 Å². The number of rotatable bonds is 2. The van der Waals surface area contributed by atoms with Crippen LogP contribution in [0, 0.1) is 0 Å². The Morgan fingerprint density at radius 1 is 1.71 bits per heavy atom. The third kappa shape index (κ3) is 10.7. The number of alkyl halides is 1. The van der Waals surface area contributed by atoms with Crippen LogP contribution in [-0.4, -0.2) is 16.4 Å². The summed E-state index contributed by atoms with van der Waals surface area (Å²) in [4.78, 5) is 9.57. The molecule has 0 heterocycles. The lowest BCUT2D eigenvalue weighted by atomic mass is 10.5. The second kappa shape index (κ2) is 6.24. The summed E-state index contributed by atoms with van der Waals surface area (Å²) in [6.45, 7) is 0. The maximum Gasteiger partial charge on any atom is 0.304 e. The molecule has 0 saturated heterocycles. The molecule has 4 heteroatoms. The van der Waals surface area contributed by atoms with E-state index in [0.29, 0.717) is 5.33 Å². The molecular formula is C3H6BrClO2. The minimum atomic E-state index is -0.758. The van der Waals surface area contributed by atoms with E-state index >= 15 is 0 Å². The summed E-state index contributed by atoms with van der Waals surface area (Å²) in [6, 6.07) is 0. The van der Waals surface area contributed by atoms with Crippen LogP contribution >= 0.6 is 28.3 Å². The van der Waals surface area contributed by atoms with Crippen molar-refractivity contribution in [2.75, 3.05) is 5.33 Å². The lowest BCUT2D eigenvalue weighted by molar-refractivity contribution is -0.136. The molecule has 0 amide bonds. The third-order valence-corrected chi connectivity index (χ3v) is 0.705. The first-order chi connectivity index (χ1) is 2.77. The van der Waals surface area contributed by atoms with Crippen molar-refractivity contribution in [3.05, 3.63) is 0 Å². The molecule has 0 rings (SSSR count). The van der Waals surface area contributed by atoms with Crippen LogP contribution in [0.2, 0.25) is 0 Å². The standard InChI is InChI=1S/C3H5BrO2.ClH/c4-2-1-3(5)6;/h1-2H2,(H,5,6);1H. The van der Waals surface area contributed by atoms with E-state index in [-0.39, 0.29) is 18.8 Å². The van der Waals surface area contributed by atoms with Gasteiger partial charge in [0.2, 0.25) is 0 Å². The Hall–Kier alpha value is 0.240. The second-order valence-electron chi connectivity index (χ2n) is 0.833. The van der Waals surface area contributed by atoms with E-state index in [0.717, 1.165) is 0 Å². The van der Waals surface area contributed by atoms with Crippen LogP contribution in [0.3, 0.4) is 0 Å². The van der Waals surface area contributed by atoms with Crippen molar-refractivity contribution in [1.29, 1.82) is 0 Å². The fourth-order valence-corrected chi connectivity index (χ4v) is 0.420. The molecule has 2 nitrogen and oxygen atoms in total. The van der Waals surface area contributed by atoms with Crippen molar-refractivity contribution in [3.63, 3.8) is 0 Å². The Bertz CT molecular complexity index is 56.9. The third-order valence-electron chi connectivity index (χ3n) is 0.308. The Morgan fingerprint density at radius 3 is 2.14 bits per heavy atom. The number of hydrogen-bond acceptors (Lipinski definition) is 1. The normalized spacial score (nSPS) is 7.00. The van der Waals surface area contributed by atoms with Gasteiger partial charge in [-0.3, -0.25) is 4.79 Å². The van der Waals surface area contributed by atoms with Gasteiger partial charge in [-0.1, -0.05) is 15.9 Å². The number of hydrogen-bond donors (Lipinski definition) is 1. The molecule has 0 aliphatic carbocycles. The Labute approximate surface area is 56.4 Å². The van der Waals surface area contributed by atoms with E-state index in [1.807, 2.05) is 0 Å². The summed E-state index contributed by atoms with van der Waals surface area (Å²) >= 11 is 2.97. The average molecular weight is 189 g/mol. The highest BCUT2D eigenvalue weighted by Gasteiger charge is 1.88. The summed E-state index contributed by atoms with van der Waals surface area (Å²) < 4.78 is 0. The topological polar surface area (TPSA) is 37.3 Å². The minimum Gasteiger partial charge on any atom is -0.481 e. The van der Waals surface area contributed by atoms with E-state index < -0.39 is 5.97 Å². The number of aliphatic carboxylic acids is 1. The van der Waals surface area contributed by atoms with Gasteiger partial charge in [0, 0.05) is 5.33 Å². The fourth-order valence-electron chi connectivity index (χ4n) is 0.0808. The van der Waals surface area contributed by atoms with Crippen molar-refractivity contribution in [3.8, 4) is 0 Å². The summed E-state index contributed by atoms with van der Waals surface area (Å²) in [7, 11) is 0. The van der Waals surface area contributed by atoms with Crippen LogP contribution in [0.5, 0.6) is 0 Å². The quantitative estimate of drug-likeness (QED) is 0.665. The molecule has 7 heavy (non-hydrogen) atoms. The summed E-state index contributed by atoms with van der Waals surface area (Å²) in [5, 5.41) is 8.43. The minimum absolute atomic E-state index is 0. The molecule has 0 atom stereocenters. The van der Waals surface area contributed by atoms with E-state index in [1.165, 1.54) is 0 Å². The largest absolute Gasteiger partial charge is 0.481 e. The van der Waals surface area contributed by atoms with Crippen LogP contribution in [0.15, 0.2) is 0 Å². The van der Waals surface area contributed by atoms with Gasteiger partial charge < -0.3 is 5.11 Å². The highest BCUT2D eigenvalue weighted by atomic mass is 79.9. The first-order valence-corrected chi connectivity index (χ1v) is 2.67. The summed E-state index contributed by atoms with van der Waals surface area (Å²) in [6.07, 6.45) is 0.208. The summed E-state index contributed by atoms with van der Waals surface area (Å²) in [5.74, 6) is -0.758. The Morgan fingerprint density at radius 2 is 2.14 bits per heavy atom. The first kappa shape index (κ1) is 10.3. The number of halogens is 2. The van der Waals surface area contributed by atoms with Gasteiger partial charge in [0.25, 0.3) is 0 Å². The number of carbonyl (C=O) groups is 1. The molecule has 0 fully saturated rings. The van der Waals surface area contributed by atoms with Crippen molar-refractivity contribution in [2.45, 2.75) is 6.42 Å². The molecular weight excluding hydrogens is 183 g/mol. The van der Waals surface area contributed by atoms with Crippen LogP contribution in [0.4, 0.5) is 0 Å². The smallest absolute Gasteiger partial charge is 0.304 e. The zero-order valence-corrected chi connectivity index (χ0v) is 5.96. The number of carboxylic acid groups (broad SMARTS) is 1. The van der Waals surface area contributed by atoms with E-state index in [9.17, 15) is 4.79 Å². The summed E-state index contributed by atoms with van der Waals surface area (Å²) in [5.41, 5.74) is 0. The lowest BCUT2D eigenvalue weighted by Gasteiger charge is -1.78. The van der Waals surface area contributed by atoms with Gasteiger partial charge >= 0.3 is 5.97 Å². The molecule has 0 spiro atoms. The monoisotopic (exact) mass is 188 g/mol. The van der Waals surface area contributed by atoms with Gasteiger partial charge in [0.1, 0.15) is 0 Å². The lowest BCUT2D eigenvalue weighted by Crippen LogP contribution is -1.92. The van der Waals surface area contributed by atoms with Crippen molar-refractivity contribution in [1.82, 2.24) is 0 Å². The molecule has 0 aromatic heterocycles. The molecule has 0 aromatic carbocycles. The molecule has 44 valence electrons. The Balaban J connectivity index is 0. The van der Waals surface area contributed by atoms with E-state index in [2.05, 4.69) is 15.9 Å². The van der Waals surface area contributed by atoms with Gasteiger partial charge in [-0.2, -0.15) is 0 Å². The molecule has 0 aromatic rings. The van der Waals surface area contributed by atoms with Crippen LogP contribution in [0.1, 0.15) is 6.42 Å². The predicted molar refractivity (Wildman–Crippen MR) is 33.3 cm³/mol.